The van der Waals surface area contributed by atoms with Crippen molar-refractivity contribution >= 4 is 45.5 Å². The van der Waals surface area contributed by atoms with Gasteiger partial charge in [-0.1, -0.05) is 12.1 Å². The smallest absolute Gasteiger partial charge is 0.255 e. The van der Waals surface area contributed by atoms with Crippen LogP contribution in [0, 0.1) is 2.88 Å². The van der Waals surface area contributed by atoms with Crippen LogP contribution in [0.25, 0.3) is 0 Å². The lowest BCUT2D eigenvalue weighted by Crippen LogP contribution is -2.32. The summed E-state index contributed by atoms with van der Waals surface area (Å²) in [6.07, 6.45) is 2.23. The predicted molar refractivity (Wildman–Crippen MR) is 90.8 cm³/mol. The first-order valence-corrected chi connectivity index (χ1v) is 8.49. The molecule has 5 heteroatoms. The van der Waals surface area contributed by atoms with E-state index in [9.17, 15) is 4.79 Å². The van der Waals surface area contributed by atoms with Crippen LogP contribution in [0.3, 0.4) is 0 Å². The molecule has 0 atom stereocenters. The highest BCUT2D eigenvalue weighted by atomic mass is 127. The van der Waals surface area contributed by atoms with E-state index in [1.54, 1.807) is 11.3 Å². The fourth-order valence-corrected chi connectivity index (χ4v) is 3.48. The summed E-state index contributed by atoms with van der Waals surface area (Å²) in [5.41, 5.74) is 8.39. The van der Waals surface area contributed by atoms with Gasteiger partial charge < -0.3 is 10.6 Å². The van der Waals surface area contributed by atoms with E-state index < -0.39 is 0 Å². The van der Waals surface area contributed by atoms with Crippen LogP contribution in [0.15, 0.2) is 35.7 Å². The van der Waals surface area contributed by atoms with Crippen LogP contribution in [0.5, 0.6) is 0 Å². The molecule has 1 aromatic carbocycles. The van der Waals surface area contributed by atoms with Crippen LogP contribution in [0.1, 0.15) is 28.8 Å². The predicted octanol–water partition coefficient (Wildman–Crippen LogP) is 3.74. The lowest BCUT2D eigenvalue weighted by molar-refractivity contribution is 0.0730. The van der Waals surface area contributed by atoms with Gasteiger partial charge in [-0.05, 0) is 59.2 Å². The van der Waals surface area contributed by atoms with Crippen LogP contribution >= 0.6 is 33.9 Å². The van der Waals surface area contributed by atoms with Gasteiger partial charge >= 0.3 is 0 Å². The number of halogens is 1. The minimum absolute atomic E-state index is 0.142. The molecule has 2 aromatic rings. The monoisotopic (exact) mass is 398 g/mol. The van der Waals surface area contributed by atoms with E-state index in [4.69, 9.17) is 5.73 Å². The first-order valence-electron chi connectivity index (χ1n) is 6.53. The number of rotatable bonds is 4. The maximum atomic E-state index is 12.6. The van der Waals surface area contributed by atoms with Crippen LogP contribution in [0.4, 0.5) is 5.69 Å². The van der Waals surface area contributed by atoms with Gasteiger partial charge in [-0.3, -0.25) is 4.79 Å². The molecule has 3 nitrogen and oxygen atoms in total. The fourth-order valence-electron chi connectivity index (χ4n) is 2.16. The van der Waals surface area contributed by atoms with E-state index in [2.05, 4.69) is 22.6 Å². The van der Waals surface area contributed by atoms with Gasteiger partial charge in [-0.15, -0.1) is 11.3 Å². The number of thiophene rings is 1. The zero-order valence-electron chi connectivity index (χ0n) is 10.9. The van der Waals surface area contributed by atoms with Crippen molar-refractivity contribution in [1.29, 1.82) is 0 Å². The van der Waals surface area contributed by atoms with Gasteiger partial charge in [0.25, 0.3) is 5.91 Å². The first kappa shape index (κ1) is 13.9. The Balaban J connectivity index is 1.79. The van der Waals surface area contributed by atoms with Crippen molar-refractivity contribution in [2.24, 2.45) is 0 Å². The molecule has 1 aliphatic rings. The molecular formula is C15H15IN2OS. The number of amides is 1. The Labute approximate surface area is 135 Å². The summed E-state index contributed by atoms with van der Waals surface area (Å²) < 4.78 is 1.15. The minimum Gasteiger partial charge on any atom is -0.399 e. The standard InChI is InChI=1S/C15H15IN2OS/c16-14-7-11(9-20-14)15(19)18(13-5-6-13)8-10-1-3-12(17)4-2-10/h1-4,7,9,13H,5-6,8,17H2. The molecule has 1 saturated carbocycles. The van der Waals surface area contributed by atoms with Gasteiger partial charge in [0.1, 0.15) is 0 Å². The Kier molecular flexibility index (Phi) is 3.98. The fraction of sp³-hybridized carbons (Fsp3) is 0.267. The van der Waals surface area contributed by atoms with E-state index in [1.165, 1.54) is 0 Å². The largest absolute Gasteiger partial charge is 0.399 e. The highest BCUT2D eigenvalue weighted by Crippen LogP contribution is 2.31. The average molecular weight is 398 g/mol. The summed E-state index contributed by atoms with van der Waals surface area (Å²) in [6, 6.07) is 10.1. The normalized spacial score (nSPS) is 14.2. The SMILES string of the molecule is Nc1ccc(CN(C(=O)c2csc(I)c2)C2CC2)cc1. The second-order valence-electron chi connectivity index (χ2n) is 5.05. The van der Waals surface area contributed by atoms with Crippen molar-refractivity contribution in [2.45, 2.75) is 25.4 Å². The van der Waals surface area contributed by atoms with Crippen molar-refractivity contribution in [3.05, 3.63) is 49.7 Å². The number of carbonyl (C=O) groups excluding carboxylic acids is 1. The Bertz CT molecular complexity index is 619. The zero-order chi connectivity index (χ0) is 14.1. The number of nitrogen functional groups attached to an aromatic ring is 1. The molecule has 1 aromatic heterocycles. The number of carbonyl (C=O) groups is 1. The number of benzene rings is 1. The quantitative estimate of drug-likeness (QED) is 0.630. The summed E-state index contributed by atoms with van der Waals surface area (Å²) in [4.78, 5) is 14.6. The average Bonchev–Trinajstić information content (AvgIpc) is 3.19. The number of anilines is 1. The van der Waals surface area contributed by atoms with Crippen LogP contribution in [-0.2, 0) is 6.54 Å². The summed E-state index contributed by atoms with van der Waals surface area (Å²) in [5, 5.41) is 1.95. The molecule has 0 saturated heterocycles. The molecule has 1 heterocycles. The van der Waals surface area contributed by atoms with Crippen LogP contribution in [0.2, 0.25) is 0 Å². The molecule has 2 N–H and O–H groups in total. The van der Waals surface area contributed by atoms with E-state index in [1.807, 2.05) is 40.6 Å². The number of nitrogens with zero attached hydrogens (tertiary/aromatic N) is 1. The molecule has 0 aliphatic heterocycles. The third-order valence-electron chi connectivity index (χ3n) is 3.40. The lowest BCUT2D eigenvalue weighted by Gasteiger charge is -2.22. The number of hydrogen-bond acceptors (Lipinski definition) is 3. The highest BCUT2D eigenvalue weighted by molar-refractivity contribution is 14.1. The second-order valence-corrected chi connectivity index (χ2v) is 7.85. The van der Waals surface area contributed by atoms with E-state index in [0.717, 1.165) is 32.5 Å². The van der Waals surface area contributed by atoms with Crippen molar-refractivity contribution in [1.82, 2.24) is 4.90 Å². The van der Waals surface area contributed by atoms with Crippen LogP contribution < -0.4 is 5.73 Å². The Morgan fingerprint density at radius 1 is 1.35 bits per heavy atom. The number of hydrogen-bond donors (Lipinski definition) is 1. The van der Waals surface area contributed by atoms with Gasteiger partial charge in [-0.2, -0.15) is 0 Å². The number of nitrogens with two attached hydrogens (primary N) is 1. The molecular weight excluding hydrogens is 383 g/mol. The van der Waals surface area contributed by atoms with Crippen molar-refractivity contribution in [2.75, 3.05) is 5.73 Å². The van der Waals surface area contributed by atoms with Gasteiger partial charge in [0, 0.05) is 23.7 Å². The molecule has 1 amide bonds. The lowest BCUT2D eigenvalue weighted by atomic mass is 10.1. The van der Waals surface area contributed by atoms with Gasteiger partial charge in [0.05, 0.1) is 8.45 Å². The maximum absolute atomic E-state index is 12.6. The maximum Gasteiger partial charge on any atom is 0.255 e. The van der Waals surface area contributed by atoms with E-state index >= 15 is 0 Å². The molecule has 20 heavy (non-hydrogen) atoms. The minimum atomic E-state index is 0.142. The molecule has 1 aliphatic carbocycles. The molecule has 0 spiro atoms. The second kappa shape index (κ2) is 5.73. The zero-order valence-corrected chi connectivity index (χ0v) is 13.9. The Morgan fingerprint density at radius 2 is 2.05 bits per heavy atom. The van der Waals surface area contributed by atoms with E-state index in [0.29, 0.717) is 12.6 Å². The molecule has 0 radical (unpaired) electrons. The van der Waals surface area contributed by atoms with Crippen LogP contribution in [-0.4, -0.2) is 16.8 Å². The van der Waals surface area contributed by atoms with Crippen molar-refractivity contribution < 1.29 is 4.79 Å². The summed E-state index contributed by atoms with van der Waals surface area (Å²) >= 11 is 3.86. The third kappa shape index (κ3) is 3.15. The Hall–Kier alpha value is -1.08. The highest BCUT2D eigenvalue weighted by Gasteiger charge is 2.33. The molecule has 0 unspecified atom stereocenters. The van der Waals surface area contributed by atoms with Gasteiger partial charge in [0.15, 0.2) is 0 Å². The molecule has 3 rings (SSSR count). The first-order chi connectivity index (χ1) is 9.63. The summed E-state index contributed by atoms with van der Waals surface area (Å²) in [6.45, 7) is 0.663. The third-order valence-corrected chi connectivity index (χ3v) is 5.18. The topological polar surface area (TPSA) is 46.3 Å². The van der Waals surface area contributed by atoms with E-state index in [-0.39, 0.29) is 5.91 Å². The molecule has 1 fully saturated rings. The summed E-state index contributed by atoms with van der Waals surface area (Å²) in [7, 11) is 0. The van der Waals surface area contributed by atoms with Gasteiger partial charge in [-0.25, -0.2) is 0 Å². The summed E-state index contributed by atoms with van der Waals surface area (Å²) in [5.74, 6) is 0.142. The van der Waals surface area contributed by atoms with Gasteiger partial charge in [0.2, 0.25) is 0 Å². The van der Waals surface area contributed by atoms with Crippen molar-refractivity contribution in [3.8, 4) is 0 Å². The Morgan fingerprint density at radius 3 is 2.60 bits per heavy atom. The molecule has 104 valence electrons. The van der Waals surface area contributed by atoms with Crippen molar-refractivity contribution in [3.63, 3.8) is 0 Å². The molecule has 0 bridgehead atoms.